The summed E-state index contributed by atoms with van der Waals surface area (Å²) >= 11 is 0.982. The molecule has 0 saturated heterocycles. The summed E-state index contributed by atoms with van der Waals surface area (Å²) in [5.41, 5.74) is -0.281. The van der Waals surface area contributed by atoms with Crippen molar-refractivity contribution in [2.24, 2.45) is 0 Å². The van der Waals surface area contributed by atoms with E-state index in [4.69, 9.17) is 10.2 Å². The van der Waals surface area contributed by atoms with Gasteiger partial charge in [-0.15, -0.1) is 11.3 Å². The molecule has 2 N–H and O–H groups in total. The minimum atomic E-state index is -4.42. The quantitative estimate of drug-likeness (QED) is 0.497. The van der Waals surface area contributed by atoms with E-state index < -0.39 is 29.3 Å². The number of hydrogen-bond donors (Lipinski definition) is 2. The van der Waals surface area contributed by atoms with Crippen molar-refractivity contribution in [1.82, 2.24) is 0 Å². The van der Waals surface area contributed by atoms with E-state index >= 15 is 0 Å². The van der Waals surface area contributed by atoms with Crippen molar-refractivity contribution in [1.29, 1.82) is 0 Å². The summed E-state index contributed by atoms with van der Waals surface area (Å²) in [7, 11) is 0. The molecule has 0 aliphatic carbocycles. The maximum Gasteiger partial charge on any atom is 0.416 e. The normalized spacial score (nSPS) is 12.2. The first-order chi connectivity index (χ1) is 10.7. The van der Waals surface area contributed by atoms with Crippen molar-refractivity contribution in [2.75, 3.05) is 0 Å². The third-order valence-electron chi connectivity index (χ3n) is 2.83. The summed E-state index contributed by atoms with van der Waals surface area (Å²) in [6, 6.07) is 7.39. The number of allylic oxidation sites excluding steroid dienone is 1. The van der Waals surface area contributed by atoms with Crippen molar-refractivity contribution in [3.63, 3.8) is 0 Å². The Bertz CT molecular complexity index is 773. The highest BCUT2D eigenvalue weighted by molar-refractivity contribution is 7.17. The van der Waals surface area contributed by atoms with E-state index in [2.05, 4.69) is 0 Å². The molecule has 8 heteroatoms. The highest BCUT2D eigenvalue weighted by Gasteiger charge is 2.30. The molecule has 0 amide bonds. The van der Waals surface area contributed by atoms with Crippen LogP contribution in [0.1, 0.15) is 15.2 Å². The number of ketones is 1. The fourth-order valence-electron chi connectivity index (χ4n) is 1.71. The second-order valence-electron chi connectivity index (χ2n) is 4.44. The van der Waals surface area contributed by atoms with Gasteiger partial charge in [0.05, 0.1) is 10.4 Å². The molecule has 2 aromatic rings. The average molecular weight is 342 g/mol. The van der Waals surface area contributed by atoms with Crippen molar-refractivity contribution in [2.45, 2.75) is 6.18 Å². The molecule has 4 nitrogen and oxygen atoms in total. The standard InChI is InChI=1S/C15H9F3O4S/c16-15(17,18)9-3-1-8(2-4-9)12-5-6-13(23-12)10(19)7-11(20)14(21)22/h1-7,20H,(H,21,22)/b11-7-. The first-order valence-corrected chi connectivity index (χ1v) is 6.96. The summed E-state index contributed by atoms with van der Waals surface area (Å²) in [5, 5.41) is 17.5. The molecule has 120 valence electrons. The number of benzene rings is 1. The SMILES string of the molecule is O=C(O)/C(O)=C/C(=O)c1ccc(-c2ccc(C(F)(F)F)cc2)s1. The van der Waals surface area contributed by atoms with E-state index in [0.717, 1.165) is 23.5 Å². The van der Waals surface area contributed by atoms with Gasteiger partial charge in [0, 0.05) is 11.0 Å². The number of halogens is 3. The molecular weight excluding hydrogens is 333 g/mol. The zero-order chi connectivity index (χ0) is 17.2. The summed E-state index contributed by atoms with van der Waals surface area (Å²) in [6.45, 7) is 0. The zero-order valence-electron chi connectivity index (χ0n) is 11.3. The van der Waals surface area contributed by atoms with Crippen LogP contribution in [0.2, 0.25) is 0 Å². The van der Waals surface area contributed by atoms with Crippen LogP contribution in [0.3, 0.4) is 0 Å². The lowest BCUT2D eigenvalue weighted by Crippen LogP contribution is -2.03. The van der Waals surface area contributed by atoms with Gasteiger partial charge in [-0.2, -0.15) is 13.2 Å². The lowest BCUT2D eigenvalue weighted by atomic mass is 10.1. The van der Waals surface area contributed by atoms with Gasteiger partial charge in [0.1, 0.15) is 0 Å². The number of rotatable bonds is 4. The van der Waals surface area contributed by atoms with E-state index in [-0.39, 0.29) is 4.88 Å². The van der Waals surface area contributed by atoms with Crippen molar-refractivity contribution in [3.05, 3.63) is 58.7 Å². The lowest BCUT2D eigenvalue weighted by molar-refractivity contribution is -0.137. The second kappa shape index (κ2) is 6.25. The molecule has 0 fully saturated rings. The van der Waals surface area contributed by atoms with Crippen LogP contribution in [0.5, 0.6) is 0 Å². The van der Waals surface area contributed by atoms with E-state index in [1.165, 1.54) is 24.3 Å². The van der Waals surface area contributed by atoms with Gasteiger partial charge >= 0.3 is 12.1 Å². The molecule has 2 rings (SSSR count). The Labute approximate surface area is 132 Å². The molecule has 0 unspecified atom stereocenters. The van der Waals surface area contributed by atoms with Crippen LogP contribution in [0, 0.1) is 0 Å². The molecule has 0 saturated carbocycles. The van der Waals surface area contributed by atoms with Crippen LogP contribution in [-0.2, 0) is 11.0 Å². The first-order valence-electron chi connectivity index (χ1n) is 6.14. The Hall–Kier alpha value is -2.61. The van der Waals surface area contributed by atoms with Gasteiger partial charge in [-0.05, 0) is 29.8 Å². The molecular formula is C15H9F3O4S. The van der Waals surface area contributed by atoms with Crippen molar-refractivity contribution < 1.29 is 33.0 Å². The average Bonchev–Trinajstić information content (AvgIpc) is 2.96. The van der Waals surface area contributed by atoms with Gasteiger partial charge in [0.2, 0.25) is 5.76 Å². The molecule has 1 aromatic carbocycles. The van der Waals surface area contributed by atoms with Gasteiger partial charge in [0.15, 0.2) is 5.78 Å². The van der Waals surface area contributed by atoms with Gasteiger partial charge in [-0.3, -0.25) is 4.79 Å². The van der Waals surface area contributed by atoms with Crippen LogP contribution in [0.4, 0.5) is 13.2 Å². The number of carboxylic acid groups (broad SMARTS) is 1. The van der Waals surface area contributed by atoms with Crippen molar-refractivity contribution in [3.8, 4) is 10.4 Å². The Morgan fingerprint density at radius 3 is 2.13 bits per heavy atom. The summed E-state index contributed by atoms with van der Waals surface area (Å²) in [5.74, 6) is -3.41. The molecule has 1 aromatic heterocycles. The number of carbonyl (C=O) groups is 2. The van der Waals surface area contributed by atoms with Crippen LogP contribution >= 0.6 is 11.3 Å². The third-order valence-corrected chi connectivity index (χ3v) is 3.98. The predicted octanol–water partition coefficient (Wildman–Crippen LogP) is 4.14. The number of carboxylic acids is 1. The Morgan fingerprint density at radius 1 is 1.00 bits per heavy atom. The maximum atomic E-state index is 12.5. The maximum absolute atomic E-state index is 12.5. The van der Waals surface area contributed by atoms with Gasteiger partial charge < -0.3 is 10.2 Å². The number of alkyl halides is 3. The number of aliphatic carboxylic acids is 1. The topological polar surface area (TPSA) is 74.6 Å². The first kappa shape index (κ1) is 16.8. The Kier molecular flexibility index (Phi) is 4.55. The van der Waals surface area contributed by atoms with Gasteiger partial charge in [-0.1, -0.05) is 12.1 Å². The van der Waals surface area contributed by atoms with Crippen LogP contribution < -0.4 is 0 Å². The van der Waals surface area contributed by atoms with Crippen LogP contribution in [0.25, 0.3) is 10.4 Å². The van der Waals surface area contributed by atoms with E-state index in [0.29, 0.717) is 16.5 Å². The predicted molar refractivity (Wildman–Crippen MR) is 77.4 cm³/mol. The molecule has 23 heavy (non-hydrogen) atoms. The monoisotopic (exact) mass is 342 g/mol. The highest BCUT2D eigenvalue weighted by atomic mass is 32.1. The second-order valence-corrected chi connectivity index (χ2v) is 5.52. The molecule has 0 radical (unpaired) electrons. The summed E-state index contributed by atoms with van der Waals surface area (Å²) in [6.07, 6.45) is -3.85. The minimum Gasteiger partial charge on any atom is -0.502 e. The number of thiophene rings is 1. The van der Waals surface area contributed by atoms with Gasteiger partial charge in [0.25, 0.3) is 0 Å². The number of carbonyl (C=O) groups excluding carboxylic acids is 1. The fourth-order valence-corrected chi connectivity index (χ4v) is 2.63. The molecule has 0 atom stereocenters. The lowest BCUT2D eigenvalue weighted by Gasteiger charge is -2.06. The number of aliphatic hydroxyl groups excluding tert-OH is 1. The fraction of sp³-hybridized carbons (Fsp3) is 0.0667. The molecule has 0 aliphatic heterocycles. The van der Waals surface area contributed by atoms with Crippen LogP contribution in [0.15, 0.2) is 48.2 Å². The largest absolute Gasteiger partial charge is 0.502 e. The Balaban J connectivity index is 2.24. The Morgan fingerprint density at radius 2 is 1.61 bits per heavy atom. The van der Waals surface area contributed by atoms with Gasteiger partial charge in [-0.25, -0.2) is 4.79 Å². The molecule has 0 aliphatic rings. The van der Waals surface area contributed by atoms with Crippen molar-refractivity contribution >= 4 is 23.1 Å². The minimum absolute atomic E-state index is 0.160. The number of hydrogen-bond acceptors (Lipinski definition) is 4. The van der Waals surface area contributed by atoms with E-state index in [1.807, 2.05) is 0 Å². The molecule has 0 bridgehead atoms. The van der Waals surface area contributed by atoms with Crippen LogP contribution in [-0.4, -0.2) is 22.0 Å². The number of aliphatic hydroxyl groups is 1. The van der Waals surface area contributed by atoms with E-state index in [1.54, 1.807) is 0 Å². The summed E-state index contributed by atoms with van der Waals surface area (Å²) < 4.78 is 37.5. The highest BCUT2D eigenvalue weighted by Crippen LogP contribution is 2.33. The molecule has 1 heterocycles. The zero-order valence-corrected chi connectivity index (χ0v) is 12.1. The third kappa shape index (κ3) is 3.98. The smallest absolute Gasteiger partial charge is 0.416 e. The van der Waals surface area contributed by atoms with E-state index in [9.17, 15) is 22.8 Å². The molecule has 0 spiro atoms. The summed E-state index contributed by atoms with van der Waals surface area (Å²) in [4.78, 5) is 22.9.